The summed E-state index contributed by atoms with van der Waals surface area (Å²) in [7, 11) is 0. The molecule has 1 aromatic rings. The van der Waals surface area contributed by atoms with E-state index in [1.807, 2.05) is 19.1 Å². The number of hydrogen-bond acceptors (Lipinski definition) is 2. The third kappa shape index (κ3) is 2.77. The van der Waals surface area contributed by atoms with E-state index in [1.165, 1.54) is 0 Å². The van der Waals surface area contributed by atoms with Crippen LogP contribution in [0.1, 0.15) is 30.9 Å². The molecule has 1 aromatic carbocycles. The van der Waals surface area contributed by atoms with Gasteiger partial charge in [-0.2, -0.15) is 5.26 Å². The second-order valence-corrected chi connectivity index (χ2v) is 3.29. The van der Waals surface area contributed by atoms with Crippen molar-refractivity contribution in [1.82, 2.24) is 0 Å². The molecule has 0 saturated heterocycles. The average molecular weight is 189 g/mol. The molecule has 1 rings (SSSR count). The van der Waals surface area contributed by atoms with Gasteiger partial charge in [0.05, 0.1) is 18.2 Å². The van der Waals surface area contributed by atoms with Gasteiger partial charge in [0.1, 0.15) is 5.75 Å². The first-order chi connectivity index (χ1) is 6.77. The molecular formula is C12H15NO. The summed E-state index contributed by atoms with van der Waals surface area (Å²) in [6.45, 7) is 4.81. The van der Waals surface area contributed by atoms with Gasteiger partial charge in [-0.3, -0.25) is 0 Å². The van der Waals surface area contributed by atoms with E-state index in [2.05, 4.69) is 13.0 Å². The monoisotopic (exact) mass is 189 g/mol. The van der Waals surface area contributed by atoms with Crippen molar-refractivity contribution in [2.75, 3.05) is 6.61 Å². The summed E-state index contributed by atoms with van der Waals surface area (Å²) in [6.07, 6.45) is 2.20. The van der Waals surface area contributed by atoms with E-state index in [0.717, 1.165) is 30.8 Å². The Bertz CT molecular complexity index is 339. The fourth-order valence-electron chi connectivity index (χ4n) is 1.19. The first kappa shape index (κ1) is 10.6. The molecule has 0 aliphatic rings. The molecule has 0 fully saturated rings. The standard InChI is InChI=1S/C12H15NO/c1-3-4-7-14-12-6-5-11(9-13)10(2)8-12/h5-6,8H,3-4,7H2,1-2H3. The molecule has 2 heteroatoms. The minimum Gasteiger partial charge on any atom is -0.494 e. The van der Waals surface area contributed by atoms with Gasteiger partial charge in [-0.25, -0.2) is 0 Å². The van der Waals surface area contributed by atoms with Crippen LogP contribution in [0.2, 0.25) is 0 Å². The number of rotatable bonds is 4. The fraction of sp³-hybridized carbons (Fsp3) is 0.417. The highest BCUT2D eigenvalue weighted by molar-refractivity contribution is 5.41. The van der Waals surface area contributed by atoms with Crippen molar-refractivity contribution in [1.29, 1.82) is 5.26 Å². The predicted molar refractivity (Wildman–Crippen MR) is 56.3 cm³/mol. The van der Waals surface area contributed by atoms with Gasteiger partial charge in [-0.1, -0.05) is 13.3 Å². The lowest BCUT2D eigenvalue weighted by atomic mass is 10.1. The Hall–Kier alpha value is -1.49. The molecule has 0 heterocycles. The molecule has 0 aliphatic carbocycles. The average Bonchev–Trinajstić information content (AvgIpc) is 2.18. The quantitative estimate of drug-likeness (QED) is 0.682. The van der Waals surface area contributed by atoms with Crippen LogP contribution in [0.25, 0.3) is 0 Å². The van der Waals surface area contributed by atoms with Gasteiger partial charge in [0.25, 0.3) is 0 Å². The topological polar surface area (TPSA) is 33.0 Å². The van der Waals surface area contributed by atoms with Crippen LogP contribution in [0.4, 0.5) is 0 Å². The van der Waals surface area contributed by atoms with E-state index in [-0.39, 0.29) is 0 Å². The Morgan fingerprint density at radius 1 is 1.43 bits per heavy atom. The molecule has 0 unspecified atom stereocenters. The Balaban J connectivity index is 2.63. The first-order valence-electron chi connectivity index (χ1n) is 4.91. The van der Waals surface area contributed by atoms with E-state index >= 15 is 0 Å². The summed E-state index contributed by atoms with van der Waals surface area (Å²) in [5.41, 5.74) is 1.69. The third-order valence-electron chi connectivity index (χ3n) is 2.08. The molecule has 0 aromatic heterocycles. The van der Waals surface area contributed by atoms with Crippen molar-refractivity contribution in [3.05, 3.63) is 29.3 Å². The van der Waals surface area contributed by atoms with Gasteiger partial charge in [0, 0.05) is 0 Å². The molecule has 0 N–H and O–H groups in total. The van der Waals surface area contributed by atoms with Gasteiger partial charge in [0.15, 0.2) is 0 Å². The van der Waals surface area contributed by atoms with E-state index in [4.69, 9.17) is 10.00 Å². The van der Waals surface area contributed by atoms with Gasteiger partial charge in [-0.15, -0.1) is 0 Å². The first-order valence-corrected chi connectivity index (χ1v) is 4.91. The normalized spacial score (nSPS) is 9.50. The van der Waals surface area contributed by atoms with Crippen LogP contribution in [0, 0.1) is 18.3 Å². The molecule has 2 nitrogen and oxygen atoms in total. The number of nitrogens with zero attached hydrogens (tertiary/aromatic N) is 1. The summed E-state index contributed by atoms with van der Waals surface area (Å²) in [6, 6.07) is 7.70. The van der Waals surface area contributed by atoms with E-state index in [1.54, 1.807) is 6.07 Å². The zero-order valence-corrected chi connectivity index (χ0v) is 8.71. The van der Waals surface area contributed by atoms with E-state index in [0.29, 0.717) is 5.56 Å². The van der Waals surface area contributed by atoms with Crippen molar-refractivity contribution in [2.45, 2.75) is 26.7 Å². The molecule has 0 amide bonds. The highest BCUT2D eigenvalue weighted by Crippen LogP contribution is 2.16. The maximum Gasteiger partial charge on any atom is 0.119 e. The summed E-state index contributed by atoms with van der Waals surface area (Å²) in [5.74, 6) is 0.856. The van der Waals surface area contributed by atoms with Gasteiger partial charge in [-0.05, 0) is 37.1 Å². The van der Waals surface area contributed by atoms with Crippen LogP contribution < -0.4 is 4.74 Å². The second kappa shape index (κ2) is 5.29. The highest BCUT2D eigenvalue weighted by atomic mass is 16.5. The van der Waals surface area contributed by atoms with Crippen LogP contribution in [0.5, 0.6) is 5.75 Å². The van der Waals surface area contributed by atoms with Crippen molar-refractivity contribution in [3.63, 3.8) is 0 Å². The Morgan fingerprint density at radius 3 is 2.79 bits per heavy atom. The molecule has 0 bridgehead atoms. The van der Waals surface area contributed by atoms with E-state index < -0.39 is 0 Å². The Labute approximate surface area is 85.1 Å². The smallest absolute Gasteiger partial charge is 0.119 e. The largest absolute Gasteiger partial charge is 0.494 e. The maximum atomic E-state index is 8.73. The summed E-state index contributed by atoms with van der Waals surface area (Å²) in [4.78, 5) is 0. The molecule has 0 saturated carbocycles. The highest BCUT2D eigenvalue weighted by Gasteiger charge is 1.99. The molecule has 0 radical (unpaired) electrons. The zero-order valence-electron chi connectivity index (χ0n) is 8.71. The second-order valence-electron chi connectivity index (χ2n) is 3.29. The molecule has 0 atom stereocenters. The third-order valence-corrected chi connectivity index (χ3v) is 2.08. The summed E-state index contributed by atoms with van der Waals surface area (Å²) in [5, 5.41) is 8.73. The number of benzene rings is 1. The van der Waals surface area contributed by atoms with Crippen LogP contribution in [0.3, 0.4) is 0 Å². The molecule has 14 heavy (non-hydrogen) atoms. The summed E-state index contributed by atoms with van der Waals surface area (Å²) >= 11 is 0. The molecule has 0 aliphatic heterocycles. The number of ether oxygens (including phenoxy) is 1. The van der Waals surface area contributed by atoms with Gasteiger partial charge >= 0.3 is 0 Å². The van der Waals surface area contributed by atoms with Crippen molar-refractivity contribution < 1.29 is 4.74 Å². The number of hydrogen-bond donors (Lipinski definition) is 0. The van der Waals surface area contributed by atoms with Crippen molar-refractivity contribution in [3.8, 4) is 11.8 Å². The molecular weight excluding hydrogens is 174 g/mol. The van der Waals surface area contributed by atoms with Gasteiger partial charge in [0.2, 0.25) is 0 Å². The van der Waals surface area contributed by atoms with Crippen LogP contribution in [-0.2, 0) is 0 Å². The summed E-state index contributed by atoms with van der Waals surface area (Å²) < 4.78 is 5.52. The van der Waals surface area contributed by atoms with Gasteiger partial charge < -0.3 is 4.74 Å². The predicted octanol–water partition coefficient (Wildman–Crippen LogP) is 3.05. The van der Waals surface area contributed by atoms with Crippen molar-refractivity contribution in [2.24, 2.45) is 0 Å². The Morgan fingerprint density at radius 2 is 2.21 bits per heavy atom. The molecule has 74 valence electrons. The lowest BCUT2D eigenvalue weighted by Gasteiger charge is -2.06. The van der Waals surface area contributed by atoms with Crippen LogP contribution >= 0.6 is 0 Å². The maximum absolute atomic E-state index is 8.73. The Kier molecular flexibility index (Phi) is 4.00. The minimum absolute atomic E-state index is 0.716. The number of nitriles is 1. The number of unbranched alkanes of at least 4 members (excludes halogenated alkanes) is 1. The lowest BCUT2D eigenvalue weighted by Crippen LogP contribution is -1.96. The van der Waals surface area contributed by atoms with Crippen LogP contribution in [-0.4, -0.2) is 6.61 Å². The lowest BCUT2D eigenvalue weighted by molar-refractivity contribution is 0.309. The minimum atomic E-state index is 0.716. The molecule has 0 spiro atoms. The van der Waals surface area contributed by atoms with E-state index in [9.17, 15) is 0 Å². The SMILES string of the molecule is CCCCOc1ccc(C#N)c(C)c1. The zero-order chi connectivity index (χ0) is 10.4. The fourth-order valence-corrected chi connectivity index (χ4v) is 1.19. The van der Waals surface area contributed by atoms with Crippen molar-refractivity contribution >= 4 is 0 Å². The number of aryl methyl sites for hydroxylation is 1. The van der Waals surface area contributed by atoms with Crippen LogP contribution in [0.15, 0.2) is 18.2 Å².